The van der Waals surface area contributed by atoms with E-state index in [9.17, 15) is 0 Å². The largest absolute Gasteiger partial charge is 0.310 e. The van der Waals surface area contributed by atoms with Crippen molar-refractivity contribution in [3.05, 3.63) is 305 Å². The second-order valence-corrected chi connectivity index (χ2v) is 18.5. The third-order valence-corrected chi connectivity index (χ3v) is 15.2. The average molecular weight is 858 g/mol. The molecule has 0 aliphatic heterocycles. The van der Waals surface area contributed by atoms with Crippen LogP contribution >= 0.6 is 11.3 Å². The Bertz CT molecular complexity index is 3310. The predicted octanol–water partition coefficient (Wildman–Crippen LogP) is 16.8. The lowest BCUT2D eigenvalue weighted by atomic mass is 9.67. The summed E-state index contributed by atoms with van der Waals surface area (Å²) in [6, 6.07) is 95.1. The summed E-state index contributed by atoms with van der Waals surface area (Å²) in [6.07, 6.45) is 0. The number of rotatable bonds is 8. The first-order chi connectivity index (χ1) is 32.7. The Hall–Kier alpha value is -8.04. The average Bonchev–Trinajstić information content (AvgIpc) is 4.08. The zero-order chi connectivity index (χ0) is 43.7. The summed E-state index contributed by atoms with van der Waals surface area (Å²) in [5.74, 6) is 0. The van der Waals surface area contributed by atoms with Crippen LogP contribution in [0.3, 0.4) is 0 Å². The molecule has 0 saturated heterocycles. The summed E-state index contributed by atoms with van der Waals surface area (Å²) in [6.45, 7) is 0. The molecule has 0 unspecified atom stereocenters. The van der Waals surface area contributed by atoms with Crippen LogP contribution in [0.2, 0.25) is 0 Å². The van der Waals surface area contributed by atoms with Gasteiger partial charge in [-0.2, -0.15) is 0 Å². The maximum atomic E-state index is 2.49. The van der Waals surface area contributed by atoms with Crippen LogP contribution in [0.1, 0.15) is 44.5 Å². The van der Waals surface area contributed by atoms with Gasteiger partial charge in [0.2, 0.25) is 0 Å². The maximum Gasteiger partial charge on any atom is 0.0714 e. The van der Waals surface area contributed by atoms with E-state index in [1.165, 1.54) is 88.0 Å². The number of hydrogen-bond acceptors (Lipinski definition) is 2. The van der Waals surface area contributed by atoms with Gasteiger partial charge in [0.05, 0.1) is 10.8 Å². The van der Waals surface area contributed by atoms with Crippen molar-refractivity contribution in [3.8, 4) is 33.4 Å². The molecule has 1 aromatic heterocycles. The van der Waals surface area contributed by atoms with Crippen LogP contribution < -0.4 is 4.90 Å². The standard InChI is InChI=1S/C64H43NS/c1-5-17-47(18-6-1)63(48-19-7-2-8-20-48)58-27-15-13-25-54(58)56-36-34-52(42-60(56)63)65(51-32-29-44(30-33-51)45-31-38-62-46(41-45)39-40-66-62)53-35-37-57-55-26-14-16-28-59(55)64(61(57)43-53,49-21-9-3-10-22-49)50-23-11-4-12-24-50/h1-43H. The zero-order valence-corrected chi connectivity index (χ0v) is 37.0. The van der Waals surface area contributed by atoms with Crippen LogP contribution in [0.15, 0.2) is 260 Å². The van der Waals surface area contributed by atoms with E-state index >= 15 is 0 Å². The van der Waals surface area contributed by atoms with Gasteiger partial charge in [0.15, 0.2) is 0 Å². The smallest absolute Gasteiger partial charge is 0.0714 e. The van der Waals surface area contributed by atoms with Crippen molar-refractivity contribution in [1.29, 1.82) is 0 Å². The molecule has 10 aromatic carbocycles. The Morgan fingerprint density at radius 1 is 0.288 bits per heavy atom. The lowest BCUT2D eigenvalue weighted by Gasteiger charge is -2.36. The van der Waals surface area contributed by atoms with Crippen molar-refractivity contribution in [1.82, 2.24) is 0 Å². The Kier molecular flexibility index (Phi) is 8.91. The number of benzene rings is 10. The minimum absolute atomic E-state index is 0.532. The molecule has 2 aliphatic carbocycles. The molecule has 1 heterocycles. The molecule has 0 saturated carbocycles. The van der Waals surface area contributed by atoms with E-state index in [1.807, 2.05) is 0 Å². The summed E-state index contributed by atoms with van der Waals surface area (Å²) in [5.41, 5.74) is 19.9. The normalized spacial score (nSPS) is 13.7. The molecule has 0 atom stereocenters. The van der Waals surface area contributed by atoms with Crippen LogP contribution in [0.4, 0.5) is 17.1 Å². The number of anilines is 3. The van der Waals surface area contributed by atoms with Crippen molar-refractivity contribution in [2.45, 2.75) is 10.8 Å². The number of hydrogen-bond donors (Lipinski definition) is 0. The SMILES string of the molecule is c1ccc(C2(c3ccccc3)c3ccccc3-c3ccc(N(c4ccc(-c5ccc6sccc6c5)cc4)c4ccc5c(c4)C(c4ccccc4)(c4ccccc4)c4ccccc4-5)cc32)cc1. The van der Waals surface area contributed by atoms with E-state index in [4.69, 9.17) is 0 Å². The molecule has 0 bridgehead atoms. The van der Waals surface area contributed by atoms with Gasteiger partial charge in [-0.1, -0.05) is 200 Å². The topological polar surface area (TPSA) is 3.24 Å². The number of fused-ring (bicyclic) bond motifs is 7. The summed E-state index contributed by atoms with van der Waals surface area (Å²) in [4.78, 5) is 2.49. The van der Waals surface area contributed by atoms with E-state index in [1.54, 1.807) is 11.3 Å². The number of nitrogens with zero attached hydrogens (tertiary/aromatic N) is 1. The molecule has 0 fully saturated rings. The van der Waals surface area contributed by atoms with Crippen molar-refractivity contribution >= 4 is 38.5 Å². The highest BCUT2D eigenvalue weighted by atomic mass is 32.1. The molecule has 0 spiro atoms. The summed E-state index contributed by atoms with van der Waals surface area (Å²) in [7, 11) is 0. The quantitative estimate of drug-likeness (QED) is 0.147. The fourth-order valence-electron chi connectivity index (χ4n) is 11.5. The van der Waals surface area contributed by atoms with Crippen LogP contribution in [-0.2, 0) is 10.8 Å². The Labute approximate surface area is 390 Å². The summed E-state index contributed by atoms with van der Waals surface area (Å²) >= 11 is 1.79. The lowest BCUT2D eigenvalue weighted by molar-refractivity contribution is 0.767. The van der Waals surface area contributed by atoms with Gasteiger partial charge in [0, 0.05) is 21.8 Å². The van der Waals surface area contributed by atoms with Crippen molar-refractivity contribution in [2.24, 2.45) is 0 Å². The monoisotopic (exact) mass is 857 g/mol. The molecule has 1 nitrogen and oxygen atoms in total. The highest BCUT2D eigenvalue weighted by Crippen LogP contribution is 2.59. The first-order valence-electron chi connectivity index (χ1n) is 22.8. The van der Waals surface area contributed by atoms with Gasteiger partial charge >= 0.3 is 0 Å². The van der Waals surface area contributed by atoms with Gasteiger partial charge < -0.3 is 4.90 Å². The highest BCUT2D eigenvalue weighted by Gasteiger charge is 2.48. The maximum absolute atomic E-state index is 2.49. The molecule has 2 heteroatoms. The summed E-state index contributed by atoms with van der Waals surface area (Å²) < 4.78 is 1.31. The van der Waals surface area contributed by atoms with Gasteiger partial charge in [0.25, 0.3) is 0 Å². The molecule has 310 valence electrons. The first-order valence-corrected chi connectivity index (χ1v) is 23.7. The van der Waals surface area contributed by atoms with E-state index in [2.05, 4.69) is 265 Å². The van der Waals surface area contributed by atoms with E-state index in [0.717, 1.165) is 17.1 Å². The Balaban J connectivity index is 1.07. The lowest BCUT2D eigenvalue weighted by Crippen LogP contribution is -2.29. The minimum Gasteiger partial charge on any atom is -0.310 e. The van der Waals surface area contributed by atoms with Gasteiger partial charge in [-0.15, -0.1) is 11.3 Å². The fourth-order valence-corrected chi connectivity index (χ4v) is 12.3. The van der Waals surface area contributed by atoms with Crippen LogP contribution in [0.25, 0.3) is 43.5 Å². The van der Waals surface area contributed by atoms with Crippen LogP contribution in [0, 0.1) is 0 Å². The predicted molar refractivity (Wildman–Crippen MR) is 277 cm³/mol. The van der Waals surface area contributed by atoms with Crippen molar-refractivity contribution in [3.63, 3.8) is 0 Å². The molecule has 2 aliphatic rings. The van der Waals surface area contributed by atoms with Gasteiger partial charge in [-0.3, -0.25) is 0 Å². The van der Waals surface area contributed by atoms with Gasteiger partial charge in [-0.25, -0.2) is 0 Å². The third kappa shape index (κ3) is 5.65. The summed E-state index contributed by atoms with van der Waals surface area (Å²) in [5, 5.41) is 3.45. The molecular weight excluding hydrogens is 815 g/mol. The van der Waals surface area contributed by atoms with E-state index < -0.39 is 10.8 Å². The van der Waals surface area contributed by atoms with Crippen LogP contribution in [0.5, 0.6) is 0 Å². The van der Waals surface area contributed by atoms with E-state index in [0.29, 0.717) is 0 Å². The Morgan fingerprint density at radius 3 is 1.15 bits per heavy atom. The minimum atomic E-state index is -0.532. The van der Waals surface area contributed by atoms with Crippen LogP contribution in [-0.4, -0.2) is 0 Å². The molecule has 66 heavy (non-hydrogen) atoms. The highest BCUT2D eigenvalue weighted by molar-refractivity contribution is 7.17. The number of thiophene rings is 1. The van der Waals surface area contributed by atoms with Crippen molar-refractivity contribution < 1.29 is 0 Å². The first kappa shape index (κ1) is 38.4. The second kappa shape index (κ2) is 15.3. The van der Waals surface area contributed by atoms with Gasteiger partial charge in [-0.05, 0) is 143 Å². The van der Waals surface area contributed by atoms with Gasteiger partial charge in [0.1, 0.15) is 0 Å². The van der Waals surface area contributed by atoms with E-state index in [-0.39, 0.29) is 0 Å². The van der Waals surface area contributed by atoms with Crippen molar-refractivity contribution in [2.75, 3.05) is 4.90 Å². The molecular formula is C64H43NS. The zero-order valence-electron chi connectivity index (χ0n) is 36.2. The molecule has 0 amide bonds. The molecule has 0 N–H and O–H groups in total. The molecule has 13 rings (SSSR count). The Morgan fingerprint density at radius 2 is 0.682 bits per heavy atom. The molecule has 0 radical (unpaired) electrons. The second-order valence-electron chi connectivity index (χ2n) is 17.6. The fraction of sp³-hybridized carbons (Fsp3) is 0.0312. The third-order valence-electron chi connectivity index (χ3n) is 14.3. The molecule has 11 aromatic rings.